The molecule has 2 rings (SSSR count). The van der Waals surface area contributed by atoms with Crippen LogP contribution in [0.2, 0.25) is 0 Å². The fourth-order valence-corrected chi connectivity index (χ4v) is 2.54. The van der Waals surface area contributed by atoms with Crippen molar-refractivity contribution in [3.8, 4) is 0 Å². The van der Waals surface area contributed by atoms with Crippen LogP contribution in [0.1, 0.15) is 12.0 Å². The van der Waals surface area contributed by atoms with Gasteiger partial charge in [0.25, 0.3) is 10.1 Å². The molecule has 6 heteroatoms. The summed E-state index contributed by atoms with van der Waals surface area (Å²) < 4.78 is 33.1. The fraction of sp³-hybridized carbons (Fsp3) is 0.364. The molecule has 0 aromatic heterocycles. The lowest BCUT2D eigenvalue weighted by molar-refractivity contribution is -0.143. The minimum atomic E-state index is -3.89. The largest absolute Gasteiger partial charge is 0.464 e. The Hall–Kier alpha value is -1.40. The number of carbonyl (C=O) groups excluding carboxylic acids is 1. The summed E-state index contributed by atoms with van der Waals surface area (Å²) in [6.07, 6.45) is -0.745. The number of rotatable bonds is 3. The van der Waals surface area contributed by atoms with Gasteiger partial charge in [0.1, 0.15) is 0 Å². The SMILES string of the molecule is Cc1ccc(S(=O)(=O)O[C@H]2CCOC2=O)cc1. The summed E-state index contributed by atoms with van der Waals surface area (Å²) in [6, 6.07) is 6.24. The van der Waals surface area contributed by atoms with Gasteiger partial charge in [-0.2, -0.15) is 8.42 Å². The molecule has 17 heavy (non-hydrogen) atoms. The van der Waals surface area contributed by atoms with E-state index < -0.39 is 22.2 Å². The number of hydrogen-bond donors (Lipinski definition) is 0. The Morgan fingerprint density at radius 3 is 2.47 bits per heavy atom. The second-order valence-corrected chi connectivity index (χ2v) is 5.38. The molecule has 1 saturated heterocycles. The quantitative estimate of drug-likeness (QED) is 0.596. The molecular formula is C11H12O5S. The van der Waals surface area contributed by atoms with Crippen LogP contribution >= 0.6 is 0 Å². The van der Waals surface area contributed by atoms with E-state index in [0.29, 0.717) is 0 Å². The van der Waals surface area contributed by atoms with Crippen LogP contribution in [0.3, 0.4) is 0 Å². The average molecular weight is 256 g/mol. The molecule has 0 radical (unpaired) electrons. The molecule has 1 aromatic carbocycles. The monoisotopic (exact) mass is 256 g/mol. The zero-order valence-electron chi connectivity index (χ0n) is 9.25. The minimum Gasteiger partial charge on any atom is -0.464 e. The van der Waals surface area contributed by atoms with Crippen molar-refractivity contribution in [3.05, 3.63) is 29.8 Å². The van der Waals surface area contributed by atoms with E-state index in [4.69, 9.17) is 4.18 Å². The fourth-order valence-electron chi connectivity index (χ4n) is 1.48. The number of cyclic esters (lactones) is 1. The molecule has 1 aliphatic heterocycles. The van der Waals surface area contributed by atoms with E-state index in [1.54, 1.807) is 12.1 Å². The van der Waals surface area contributed by atoms with Crippen LogP contribution in [-0.2, 0) is 23.8 Å². The van der Waals surface area contributed by atoms with Gasteiger partial charge in [-0.3, -0.25) is 4.18 Å². The molecule has 0 aliphatic carbocycles. The summed E-state index contributed by atoms with van der Waals surface area (Å²) in [7, 11) is -3.89. The first-order valence-electron chi connectivity index (χ1n) is 5.16. The first-order valence-corrected chi connectivity index (χ1v) is 6.56. The molecular weight excluding hydrogens is 244 g/mol. The Bertz CT molecular complexity index is 517. The number of benzene rings is 1. The van der Waals surface area contributed by atoms with E-state index >= 15 is 0 Å². The number of hydrogen-bond acceptors (Lipinski definition) is 5. The Balaban J connectivity index is 2.19. The molecule has 0 saturated carbocycles. The molecule has 5 nitrogen and oxygen atoms in total. The van der Waals surface area contributed by atoms with Crippen molar-refractivity contribution in [2.24, 2.45) is 0 Å². The van der Waals surface area contributed by atoms with Crippen molar-refractivity contribution in [1.29, 1.82) is 0 Å². The number of esters is 1. The second-order valence-electron chi connectivity index (χ2n) is 3.81. The van der Waals surface area contributed by atoms with Crippen molar-refractivity contribution in [3.63, 3.8) is 0 Å². The Kier molecular flexibility index (Phi) is 3.17. The van der Waals surface area contributed by atoms with Crippen molar-refractivity contribution in [1.82, 2.24) is 0 Å². The predicted molar refractivity (Wildman–Crippen MR) is 58.8 cm³/mol. The van der Waals surface area contributed by atoms with Crippen LogP contribution in [0.4, 0.5) is 0 Å². The van der Waals surface area contributed by atoms with Crippen LogP contribution in [0.15, 0.2) is 29.2 Å². The van der Waals surface area contributed by atoms with Gasteiger partial charge >= 0.3 is 5.97 Å². The van der Waals surface area contributed by atoms with Crippen LogP contribution in [-0.4, -0.2) is 27.1 Å². The van der Waals surface area contributed by atoms with Crippen molar-refractivity contribution >= 4 is 16.1 Å². The van der Waals surface area contributed by atoms with Gasteiger partial charge in [-0.15, -0.1) is 0 Å². The topological polar surface area (TPSA) is 69.7 Å². The zero-order valence-corrected chi connectivity index (χ0v) is 10.1. The van der Waals surface area contributed by atoms with Gasteiger partial charge < -0.3 is 4.74 Å². The summed E-state index contributed by atoms with van der Waals surface area (Å²) in [5.41, 5.74) is 0.948. The number of ether oxygens (including phenoxy) is 1. The van der Waals surface area contributed by atoms with Crippen molar-refractivity contribution in [2.75, 3.05) is 6.61 Å². The lowest BCUT2D eigenvalue weighted by Gasteiger charge is -2.08. The predicted octanol–water partition coefficient (Wildman–Crippen LogP) is 1.02. The van der Waals surface area contributed by atoms with Gasteiger partial charge in [-0.25, -0.2) is 4.79 Å². The van der Waals surface area contributed by atoms with E-state index in [1.807, 2.05) is 6.92 Å². The number of carbonyl (C=O) groups is 1. The van der Waals surface area contributed by atoms with Gasteiger partial charge in [-0.05, 0) is 19.1 Å². The lowest BCUT2D eigenvalue weighted by atomic mass is 10.2. The summed E-state index contributed by atoms with van der Waals surface area (Å²) in [5, 5.41) is 0. The third kappa shape index (κ3) is 2.65. The highest BCUT2D eigenvalue weighted by Crippen LogP contribution is 2.19. The summed E-state index contributed by atoms with van der Waals surface area (Å²) >= 11 is 0. The molecule has 0 N–H and O–H groups in total. The van der Waals surface area contributed by atoms with Crippen LogP contribution in [0.25, 0.3) is 0 Å². The van der Waals surface area contributed by atoms with Gasteiger partial charge in [0.15, 0.2) is 6.10 Å². The summed E-state index contributed by atoms with van der Waals surface area (Å²) in [4.78, 5) is 11.2. The third-order valence-corrected chi connectivity index (χ3v) is 3.77. The minimum absolute atomic E-state index is 0.0443. The Labute approximate surface area is 99.5 Å². The Morgan fingerprint density at radius 2 is 1.94 bits per heavy atom. The molecule has 0 unspecified atom stereocenters. The van der Waals surface area contributed by atoms with Gasteiger partial charge in [0, 0.05) is 6.42 Å². The average Bonchev–Trinajstić information content (AvgIpc) is 2.64. The highest BCUT2D eigenvalue weighted by Gasteiger charge is 2.32. The molecule has 1 atom stereocenters. The molecule has 0 spiro atoms. The molecule has 1 aliphatic rings. The molecule has 0 amide bonds. The zero-order chi connectivity index (χ0) is 12.5. The standard InChI is InChI=1S/C11H12O5S/c1-8-2-4-9(5-3-8)17(13,14)16-10-6-7-15-11(10)12/h2-5,10H,6-7H2,1H3/t10-/m0/s1. The Morgan fingerprint density at radius 1 is 1.29 bits per heavy atom. The second kappa shape index (κ2) is 4.46. The molecule has 1 aromatic rings. The van der Waals surface area contributed by atoms with Gasteiger partial charge in [0.05, 0.1) is 11.5 Å². The highest BCUT2D eigenvalue weighted by molar-refractivity contribution is 7.86. The maximum absolute atomic E-state index is 11.8. The molecule has 0 bridgehead atoms. The van der Waals surface area contributed by atoms with Crippen molar-refractivity contribution in [2.45, 2.75) is 24.3 Å². The van der Waals surface area contributed by atoms with E-state index in [0.717, 1.165) is 5.56 Å². The van der Waals surface area contributed by atoms with Crippen LogP contribution in [0.5, 0.6) is 0 Å². The maximum Gasteiger partial charge on any atom is 0.336 e. The van der Waals surface area contributed by atoms with E-state index in [2.05, 4.69) is 4.74 Å². The van der Waals surface area contributed by atoms with E-state index in [9.17, 15) is 13.2 Å². The van der Waals surface area contributed by atoms with Gasteiger partial charge in [-0.1, -0.05) is 17.7 Å². The molecule has 92 valence electrons. The molecule has 1 heterocycles. The number of aryl methyl sites for hydroxylation is 1. The summed E-state index contributed by atoms with van der Waals surface area (Å²) in [5.74, 6) is -0.624. The van der Waals surface area contributed by atoms with Crippen molar-refractivity contribution < 1.29 is 22.1 Å². The van der Waals surface area contributed by atoms with E-state index in [1.165, 1.54) is 12.1 Å². The summed E-state index contributed by atoms with van der Waals surface area (Å²) in [6.45, 7) is 2.05. The maximum atomic E-state index is 11.8. The smallest absolute Gasteiger partial charge is 0.336 e. The molecule has 1 fully saturated rings. The van der Waals surface area contributed by atoms with Crippen LogP contribution in [0, 0.1) is 6.92 Å². The van der Waals surface area contributed by atoms with E-state index in [-0.39, 0.29) is 17.9 Å². The first-order chi connectivity index (χ1) is 7.99. The lowest BCUT2D eigenvalue weighted by Crippen LogP contribution is -2.22. The first kappa shape index (κ1) is 12.1. The third-order valence-electron chi connectivity index (χ3n) is 2.44. The van der Waals surface area contributed by atoms with Gasteiger partial charge in [0.2, 0.25) is 0 Å². The normalized spacial score (nSPS) is 20.3. The highest BCUT2D eigenvalue weighted by atomic mass is 32.2. The van der Waals surface area contributed by atoms with Crippen LogP contribution < -0.4 is 0 Å².